The molecule has 6 heteroatoms. The van der Waals surface area contributed by atoms with E-state index in [4.69, 9.17) is 25.3 Å². The van der Waals surface area contributed by atoms with E-state index in [1.807, 2.05) is 21.6 Å². The van der Waals surface area contributed by atoms with Crippen molar-refractivity contribution < 1.29 is 0 Å². The van der Waals surface area contributed by atoms with Gasteiger partial charge >= 0.3 is 0 Å². The Morgan fingerprint density at radius 1 is 0.611 bits per heavy atom. The van der Waals surface area contributed by atoms with Gasteiger partial charge in [0.1, 0.15) is 9.41 Å². The van der Waals surface area contributed by atoms with Crippen LogP contribution in [0.25, 0.3) is 0 Å². The third-order valence-corrected chi connectivity index (χ3v) is 8.25. The first-order valence-electron chi connectivity index (χ1n) is 6.94. The van der Waals surface area contributed by atoms with Gasteiger partial charge in [-0.25, -0.2) is 0 Å². The zero-order chi connectivity index (χ0) is 12.8. The van der Waals surface area contributed by atoms with Crippen molar-refractivity contribution in [2.75, 3.05) is 26.2 Å². The largest absolute Gasteiger partial charge is 0.283 e. The molecule has 18 heavy (non-hydrogen) atoms. The van der Waals surface area contributed by atoms with E-state index in [1.54, 1.807) is 0 Å². The predicted molar refractivity (Wildman–Crippen MR) is 91.6 cm³/mol. The van der Waals surface area contributed by atoms with E-state index in [2.05, 4.69) is 9.80 Å². The van der Waals surface area contributed by atoms with Gasteiger partial charge in [-0.1, -0.05) is 34.4 Å². The molecule has 2 heterocycles. The molecule has 0 spiro atoms. The number of thiol groups is 2. The maximum atomic E-state index is 4.73. The Kier molecular flexibility index (Phi) is 7.48. The fourth-order valence-electron chi connectivity index (χ4n) is 2.50. The summed E-state index contributed by atoms with van der Waals surface area (Å²) in [4.78, 5) is 4.97. The monoisotopic (exact) mass is 324 g/mol. The number of rotatable bonds is 5. The first-order valence-corrected chi connectivity index (χ1v) is 10.2. The van der Waals surface area contributed by atoms with Gasteiger partial charge in [0.15, 0.2) is 0 Å². The van der Waals surface area contributed by atoms with E-state index in [9.17, 15) is 0 Å². The zero-order valence-corrected chi connectivity index (χ0v) is 14.3. The minimum atomic E-state index is 0.328. The van der Waals surface area contributed by atoms with Crippen molar-refractivity contribution in [3.63, 3.8) is 0 Å². The van der Waals surface area contributed by atoms with Crippen LogP contribution < -0.4 is 0 Å². The summed E-state index contributed by atoms with van der Waals surface area (Å²) in [7, 11) is 3.75. The van der Waals surface area contributed by atoms with Crippen molar-refractivity contribution in [3.05, 3.63) is 0 Å². The van der Waals surface area contributed by atoms with Crippen LogP contribution in [0.4, 0.5) is 0 Å². The van der Waals surface area contributed by atoms with Crippen LogP contribution in [0.15, 0.2) is 0 Å². The quantitative estimate of drug-likeness (QED) is 0.451. The van der Waals surface area contributed by atoms with E-state index in [1.165, 1.54) is 64.7 Å². The lowest BCUT2D eigenvalue weighted by atomic mass is 10.1. The SMILES string of the molecule is SC(SSC(S)N1CCCCC1)N1CCCCC1. The molecule has 0 bridgehead atoms. The first kappa shape index (κ1) is 15.7. The number of hydrogen-bond acceptors (Lipinski definition) is 6. The van der Waals surface area contributed by atoms with Gasteiger partial charge in [0, 0.05) is 0 Å². The molecule has 2 rings (SSSR count). The van der Waals surface area contributed by atoms with Crippen LogP contribution in [0.3, 0.4) is 0 Å². The molecule has 0 aromatic rings. The molecule has 0 saturated carbocycles. The molecule has 0 aromatic heterocycles. The van der Waals surface area contributed by atoms with Gasteiger partial charge in [-0.15, -0.1) is 25.3 Å². The van der Waals surface area contributed by atoms with Gasteiger partial charge in [-0.05, 0) is 51.9 Å². The van der Waals surface area contributed by atoms with Gasteiger partial charge in [0.05, 0.1) is 0 Å². The van der Waals surface area contributed by atoms with Gasteiger partial charge in [0.2, 0.25) is 0 Å². The molecule has 0 aromatic carbocycles. The first-order chi connectivity index (χ1) is 8.77. The Balaban J connectivity index is 1.66. The normalized spacial score (nSPS) is 27.0. The lowest BCUT2D eigenvalue weighted by molar-refractivity contribution is 0.252. The molecule has 2 atom stereocenters. The van der Waals surface area contributed by atoms with Crippen LogP contribution >= 0.6 is 46.8 Å². The highest BCUT2D eigenvalue weighted by Crippen LogP contribution is 2.38. The summed E-state index contributed by atoms with van der Waals surface area (Å²) in [5, 5.41) is 0. The van der Waals surface area contributed by atoms with Gasteiger partial charge in [0.25, 0.3) is 0 Å². The average Bonchev–Trinajstić information content (AvgIpc) is 2.46. The number of likely N-dealkylation sites (tertiary alicyclic amines) is 2. The summed E-state index contributed by atoms with van der Waals surface area (Å²) in [5.41, 5.74) is 0. The molecule has 2 aliphatic heterocycles. The van der Waals surface area contributed by atoms with Crippen LogP contribution in [-0.2, 0) is 0 Å². The molecule has 0 aliphatic carbocycles. The van der Waals surface area contributed by atoms with E-state index in [0.29, 0.717) is 9.41 Å². The smallest absolute Gasteiger partial charge is 0.110 e. The van der Waals surface area contributed by atoms with Crippen molar-refractivity contribution >= 4 is 46.8 Å². The van der Waals surface area contributed by atoms with Crippen molar-refractivity contribution in [1.29, 1.82) is 0 Å². The Labute approximate surface area is 130 Å². The molecule has 2 unspecified atom stereocenters. The second-order valence-electron chi connectivity index (χ2n) is 5.04. The average molecular weight is 325 g/mol. The highest BCUT2D eigenvalue weighted by atomic mass is 33.1. The third-order valence-electron chi connectivity index (χ3n) is 3.63. The van der Waals surface area contributed by atoms with Crippen LogP contribution in [0.1, 0.15) is 38.5 Å². The zero-order valence-electron chi connectivity index (χ0n) is 10.8. The van der Waals surface area contributed by atoms with Gasteiger partial charge in [-0.2, -0.15) is 0 Å². The molecule has 2 aliphatic rings. The fourth-order valence-corrected chi connectivity index (χ4v) is 6.05. The van der Waals surface area contributed by atoms with Crippen molar-refractivity contribution in [1.82, 2.24) is 9.80 Å². The Hall–Kier alpha value is 1.32. The van der Waals surface area contributed by atoms with Crippen LogP contribution in [0.5, 0.6) is 0 Å². The Morgan fingerprint density at radius 2 is 0.944 bits per heavy atom. The summed E-state index contributed by atoms with van der Waals surface area (Å²) >= 11 is 9.45. The molecule has 2 fully saturated rings. The van der Waals surface area contributed by atoms with Crippen molar-refractivity contribution in [2.24, 2.45) is 0 Å². The topological polar surface area (TPSA) is 6.48 Å². The molecule has 106 valence electrons. The van der Waals surface area contributed by atoms with E-state index >= 15 is 0 Å². The summed E-state index contributed by atoms with van der Waals surface area (Å²) in [6.45, 7) is 4.84. The maximum absolute atomic E-state index is 4.73. The summed E-state index contributed by atoms with van der Waals surface area (Å²) in [5.74, 6) is 0. The van der Waals surface area contributed by atoms with Crippen LogP contribution in [0, 0.1) is 0 Å². The second kappa shape index (κ2) is 8.57. The van der Waals surface area contributed by atoms with Crippen LogP contribution in [-0.4, -0.2) is 45.4 Å². The predicted octanol–water partition coefficient (Wildman–Crippen LogP) is 3.77. The number of piperidine rings is 2. The fraction of sp³-hybridized carbons (Fsp3) is 1.00. The number of nitrogens with zero attached hydrogens (tertiary/aromatic N) is 2. The van der Waals surface area contributed by atoms with Crippen LogP contribution in [0.2, 0.25) is 0 Å². The lowest BCUT2D eigenvalue weighted by Crippen LogP contribution is -2.35. The molecular formula is C12H24N2S4. The standard InChI is InChI=1S/C12H24N2S4/c15-11(13-7-3-1-4-8-13)17-18-12(16)14-9-5-2-6-10-14/h11-12,15-16H,1-10H2. The summed E-state index contributed by atoms with van der Waals surface area (Å²) < 4.78 is 0.657. The van der Waals surface area contributed by atoms with Gasteiger partial charge in [-0.3, -0.25) is 9.80 Å². The summed E-state index contributed by atoms with van der Waals surface area (Å²) in [6, 6.07) is 0. The maximum Gasteiger partial charge on any atom is 0.110 e. The highest BCUT2D eigenvalue weighted by molar-refractivity contribution is 8.79. The second-order valence-corrected chi connectivity index (χ2v) is 9.15. The van der Waals surface area contributed by atoms with Crippen molar-refractivity contribution in [2.45, 2.75) is 47.9 Å². The van der Waals surface area contributed by atoms with E-state index in [0.717, 1.165) is 0 Å². The van der Waals surface area contributed by atoms with E-state index < -0.39 is 0 Å². The Bertz CT molecular complexity index is 206. The Morgan fingerprint density at radius 3 is 1.28 bits per heavy atom. The summed E-state index contributed by atoms with van der Waals surface area (Å²) in [6.07, 6.45) is 8.10. The van der Waals surface area contributed by atoms with Crippen molar-refractivity contribution in [3.8, 4) is 0 Å². The molecule has 0 N–H and O–H groups in total. The number of hydrogen-bond donors (Lipinski definition) is 2. The molecule has 0 amide bonds. The molecule has 2 nitrogen and oxygen atoms in total. The minimum Gasteiger partial charge on any atom is -0.283 e. The minimum absolute atomic E-state index is 0.328. The molecule has 2 saturated heterocycles. The molecular weight excluding hydrogens is 300 g/mol. The van der Waals surface area contributed by atoms with E-state index in [-0.39, 0.29) is 0 Å². The lowest BCUT2D eigenvalue weighted by Gasteiger charge is -2.34. The third kappa shape index (κ3) is 5.02. The molecule has 0 radical (unpaired) electrons. The highest BCUT2D eigenvalue weighted by Gasteiger charge is 2.22. The van der Waals surface area contributed by atoms with Gasteiger partial charge < -0.3 is 0 Å².